The predicted molar refractivity (Wildman–Crippen MR) is 112 cm³/mol. The van der Waals surface area contributed by atoms with E-state index in [1.807, 2.05) is 30.3 Å². The molecule has 0 saturated carbocycles. The van der Waals surface area contributed by atoms with Crippen molar-refractivity contribution < 1.29 is 17.9 Å². The zero-order valence-electron chi connectivity index (χ0n) is 16.4. The Morgan fingerprint density at radius 2 is 1.65 bits per heavy atom. The largest absolute Gasteiger partial charge is 0.438 e. The van der Waals surface area contributed by atoms with Crippen molar-refractivity contribution >= 4 is 11.9 Å². The van der Waals surface area contributed by atoms with Gasteiger partial charge < -0.3 is 4.74 Å². The Kier molecular flexibility index (Phi) is 5.70. The first-order valence-corrected chi connectivity index (χ1v) is 9.34. The van der Waals surface area contributed by atoms with Crippen molar-refractivity contribution in [3.05, 3.63) is 102 Å². The number of aryl methyl sites for hydroxylation is 1. The molecule has 3 aromatic carbocycles. The summed E-state index contributed by atoms with van der Waals surface area (Å²) in [5, 5.41) is 8.58. The number of hydrogen-bond donors (Lipinski definition) is 1. The van der Waals surface area contributed by atoms with Crippen molar-refractivity contribution in [2.75, 3.05) is 5.43 Å². The molecule has 4 aromatic rings. The lowest BCUT2D eigenvalue weighted by atomic mass is 10.2. The number of hydrogen-bond acceptors (Lipinski definition) is 4. The second-order valence-electron chi connectivity index (χ2n) is 6.60. The van der Waals surface area contributed by atoms with Gasteiger partial charge in [0.05, 0.1) is 28.8 Å². The number of nitrogens with zero attached hydrogens (tertiary/aromatic N) is 3. The minimum atomic E-state index is -0.767. The first-order chi connectivity index (χ1) is 15.0. The first kappa shape index (κ1) is 20.2. The number of anilines is 1. The van der Waals surface area contributed by atoms with E-state index in [4.69, 9.17) is 4.74 Å². The third kappa shape index (κ3) is 4.58. The van der Waals surface area contributed by atoms with E-state index in [1.54, 1.807) is 11.6 Å². The summed E-state index contributed by atoms with van der Waals surface area (Å²) < 4.78 is 47.8. The number of rotatable bonds is 6. The molecule has 0 amide bonds. The van der Waals surface area contributed by atoms with Crippen LogP contribution in [0.15, 0.2) is 77.9 Å². The molecule has 0 aliphatic heterocycles. The molecule has 0 fully saturated rings. The smallest absolute Gasteiger partial charge is 0.231 e. The molecule has 31 heavy (non-hydrogen) atoms. The molecule has 0 aliphatic rings. The van der Waals surface area contributed by atoms with Gasteiger partial charge in [0.25, 0.3) is 0 Å². The second-order valence-corrected chi connectivity index (χ2v) is 6.60. The summed E-state index contributed by atoms with van der Waals surface area (Å²) in [6, 6.07) is 18.0. The molecule has 1 N–H and O–H groups in total. The molecular formula is C23H17F3N4O. The van der Waals surface area contributed by atoms with Crippen molar-refractivity contribution in [2.24, 2.45) is 5.10 Å². The van der Waals surface area contributed by atoms with Crippen LogP contribution in [-0.4, -0.2) is 16.0 Å². The van der Waals surface area contributed by atoms with E-state index >= 15 is 0 Å². The van der Waals surface area contributed by atoms with E-state index in [-0.39, 0.29) is 11.5 Å². The van der Waals surface area contributed by atoms with Gasteiger partial charge in [-0.1, -0.05) is 18.2 Å². The van der Waals surface area contributed by atoms with Crippen LogP contribution in [0.5, 0.6) is 11.6 Å². The van der Waals surface area contributed by atoms with Crippen LogP contribution in [0.3, 0.4) is 0 Å². The highest BCUT2D eigenvalue weighted by Crippen LogP contribution is 2.29. The number of benzene rings is 3. The third-order valence-electron chi connectivity index (χ3n) is 4.40. The molecule has 0 unspecified atom stereocenters. The van der Waals surface area contributed by atoms with Crippen molar-refractivity contribution in [2.45, 2.75) is 6.92 Å². The molecule has 0 radical (unpaired) electrons. The lowest BCUT2D eigenvalue weighted by Crippen LogP contribution is -2.01. The molecule has 0 atom stereocenters. The van der Waals surface area contributed by atoms with Crippen LogP contribution in [0.4, 0.5) is 18.9 Å². The van der Waals surface area contributed by atoms with Gasteiger partial charge in [-0.05, 0) is 55.5 Å². The fourth-order valence-corrected chi connectivity index (χ4v) is 2.87. The van der Waals surface area contributed by atoms with Crippen LogP contribution in [0.25, 0.3) is 5.69 Å². The maximum Gasteiger partial charge on any atom is 0.231 e. The van der Waals surface area contributed by atoms with Crippen LogP contribution in [-0.2, 0) is 0 Å². The van der Waals surface area contributed by atoms with E-state index in [0.717, 1.165) is 17.8 Å². The molecule has 0 spiro atoms. The molecule has 156 valence electrons. The number of para-hydroxylation sites is 1. The molecular weight excluding hydrogens is 405 g/mol. The Hall–Kier alpha value is -4.07. The fraction of sp³-hybridized carbons (Fsp3) is 0.0435. The SMILES string of the molecule is Cc1nn(-c2ccccc2)c(Oc2ccc(F)cc2)c1C=NNc1ccc(F)cc1F. The number of nitrogens with one attached hydrogen (secondary N) is 1. The van der Waals surface area contributed by atoms with Gasteiger partial charge in [-0.2, -0.15) is 14.9 Å². The second kappa shape index (κ2) is 8.74. The summed E-state index contributed by atoms with van der Waals surface area (Å²) in [7, 11) is 0. The molecule has 8 heteroatoms. The van der Waals surface area contributed by atoms with E-state index in [0.29, 0.717) is 22.9 Å². The number of hydrazone groups is 1. The van der Waals surface area contributed by atoms with Gasteiger partial charge >= 0.3 is 0 Å². The molecule has 5 nitrogen and oxygen atoms in total. The van der Waals surface area contributed by atoms with Crippen molar-refractivity contribution in [1.29, 1.82) is 0 Å². The fourth-order valence-electron chi connectivity index (χ4n) is 2.87. The van der Waals surface area contributed by atoms with Crippen LogP contribution in [0.1, 0.15) is 11.3 Å². The van der Waals surface area contributed by atoms with Crippen LogP contribution < -0.4 is 10.2 Å². The number of ether oxygens (including phenoxy) is 1. The van der Waals surface area contributed by atoms with E-state index in [2.05, 4.69) is 15.6 Å². The minimum absolute atomic E-state index is 0.0201. The summed E-state index contributed by atoms with van der Waals surface area (Å²) in [4.78, 5) is 0. The highest BCUT2D eigenvalue weighted by atomic mass is 19.1. The summed E-state index contributed by atoms with van der Waals surface area (Å²) in [5.41, 5.74) is 4.45. The Morgan fingerprint density at radius 3 is 2.35 bits per heavy atom. The molecule has 0 saturated heterocycles. The van der Waals surface area contributed by atoms with Gasteiger partial charge in [0.15, 0.2) is 5.82 Å². The quantitative estimate of drug-likeness (QED) is 0.314. The molecule has 4 rings (SSSR count). The van der Waals surface area contributed by atoms with Crippen LogP contribution >= 0.6 is 0 Å². The summed E-state index contributed by atoms with van der Waals surface area (Å²) in [6.45, 7) is 1.77. The Morgan fingerprint density at radius 1 is 0.935 bits per heavy atom. The highest BCUT2D eigenvalue weighted by Gasteiger charge is 2.18. The molecule has 0 bridgehead atoms. The van der Waals surface area contributed by atoms with E-state index in [9.17, 15) is 13.2 Å². The summed E-state index contributed by atoms with van der Waals surface area (Å²) in [6.07, 6.45) is 1.43. The monoisotopic (exact) mass is 422 g/mol. The van der Waals surface area contributed by atoms with Crippen molar-refractivity contribution in [3.63, 3.8) is 0 Å². The van der Waals surface area contributed by atoms with Gasteiger partial charge in [-0.25, -0.2) is 13.2 Å². The van der Waals surface area contributed by atoms with Crippen LogP contribution in [0, 0.1) is 24.4 Å². The normalized spacial score (nSPS) is 11.1. The topological polar surface area (TPSA) is 51.4 Å². The Labute approximate surface area is 176 Å². The zero-order valence-corrected chi connectivity index (χ0v) is 16.4. The minimum Gasteiger partial charge on any atom is -0.438 e. The van der Waals surface area contributed by atoms with Crippen molar-refractivity contribution in [3.8, 4) is 17.3 Å². The number of aromatic nitrogens is 2. The van der Waals surface area contributed by atoms with Crippen molar-refractivity contribution in [1.82, 2.24) is 9.78 Å². The predicted octanol–water partition coefficient (Wildman–Crippen LogP) is 5.84. The average molecular weight is 422 g/mol. The maximum absolute atomic E-state index is 13.8. The highest BCUT2D eigenvalue weighted by molar-refractivity contribution is 5.85. The number of halogens is 3. The lowest BCUT2D eigenvalue weighted by Gasteiger charge is -2.10. The first-order valence-electron chi connectivity index (χ1n) is 9.34. The molecule has 1 aromatic heterocycles. The van der Waals surface area contributed by atoms with Gasteiger partial charge in [-0.15, -0.1) is 0 Å². The molecule has 1 heterocycles. The third-order valence-corrected chi connectivity index (χ3v) is 4.40. The summed E-state index contributed by atoms with van der Waals surface area (Å²) >= 11 is 0. The Bertz CT molecular complexity index is 1220. The average Bonchev–Trinajstić information content (AvgIpc) is 3.07. The molecule has 0 aliphatic carbocycles. The lowest BCUT2D eigenvalue weighted by molar-refractivity contribution is 0.442. The van der Waals surface area contributed by atoms with Gasteiger partial charge in [0, 0.05) is 6.07 Å². The van der Waals surface area contributed by atoms with E-state index < -0.39 is 11.6 Å². The van der Waals surface area contributed by atoms with Gasteiger partial charge in [-0.3, -0.25) is 5.43 Å². The Balaban J connectivity index is 1.70. The van der Waals surface area contributed by atoms with Gasteiger partial charge in [0.1, 0.15) is 17.4 Å². The van der Waals surface area contributed by atoms with Gasteiger partial charge in [0.2, 0.25) is 5.88 Å². The zero-order chi connectivity index (χ0) is 21.8. The standard InChI is InChI=1S/C23H17F3N4O/c1-15-20(14-27-28-22-12-9-17(25)13-21(22)26)23(31-19-10-7-16(24)8-11-19)30(29-15)18-5-3-2-4-6-18/h2-14,28H,1H3. The van der Waals surface area contributed by atoms with E-state index in [1.165, 1.54) is 36.5 Å². The maximum atomic E-state index is 13.8. The summed E-state index contributed by atoms with van der Waals surface area (Å²) in [5.74, 6) is -1.07. The van der Waals surface area contributed by atoms with Crippen LogP contribution in [0.2, 0.25) is 0 Å².